The van der Waals surface area contributed by atoms with Crippen molar-refractivity contribution in [2.45, 2.75) is 6.54 Å². The first-order valence-corrected chi connectivity index (χ1v) is 9.03. The number of nitrogens with zero attached hydrogens (tertiary/aromatic N) is 1. The van der Waals surface area contributed by atoms with Crippen molar-refractivity contribution in [2.24, 2.45) is 4.99 Å². The highest BCUT2D eigenvalue weighted by Gasteiger charge is 2.05. The Hall–Kier alpha value is -1.81. The lowest BCUT2D eigenvalue weighted by Gasteiger charge is -2.13. The average molecular weight is 547 g/mol. The van der Waals surface area contributed by atoms with Gasteiger partial charge in [-0.2, -0.15) is 0 Å². The molecule has 2 aromatic carbocycles. The number of carbonyl (C=O) groups excluding carboxylic acids is 1. The van der Waals surface area contributed by atoms with Crippen LogP contribution < -0.4 is 20.7 Å². The summed E-state index contributed by atoms with van der Waals surface area (Å²) in [6.07, 6.45) is 0. The second-order valence-electron chi connectivity index (χ2n) is 5.47. The van der Waals surface area contributed by atoms with Crippen molar-refractivity contribution in [3.63, 3.8) is 0 Å². The molecule has 2 rings (SSSR count). The Balaban J connectivity index is 0.00000364. The van der Waals surface area contributed by atoms with E-state index in [4.69, 9.17) is 4.74 Å². The number of amides is 1. The van der Waals surface area contributed by atoms with E-state index in [9.17, 15) is 4.79 Å². The molecule has 8 heteroatoms. The molecule has 0 aromatic heterocycles. The molecule has 0 radical (unpaired) electrons. The van der Waals surface area contributed by atoms with Crippen molar-refractivity contribution in [2.75, 3.05) is 27.2 Å². The fourth-order valence-electron chi connectivity index (χ4n) is 2.28. The molecular formula is C19H24BrIN4O2. The monoisotopic (exact) mass is 546 g/mol. The predicted octanol–water partition coefficient (Wildman–Crippen LogP) is 3.17. The van der Waals surface area contributed by atoms with Gasteiger partial charge in [-0.3, -0.25) is 9.79 Å². The highest BCUT2D eigenvalue weighted by atomic mass is 127. The number of nitrogens with one attached hydrogen (secondary N) is 3. The maximum Gasteiger partial charge on any atom is 0.251 e. The quantitative estimate of drug-likeness (QED) is 0.216. The first-order chi connectivity index (χ1) is 12.6. The molecule has 0 bridgehead atoms. The maximum atomic E-state index is 12.1. The minimum Gasteiger partial charge on any atom is -0.497 e. The van der Waals surface area contributed by atoms with Gasteiger partial charge in [0.05, 0.1) is 7.11 Å². The molecule has 27 heavy (non-hydrogen) atoms. The molecule has 3 N–H and O–H groups in total. The van der Waals surface area contributed by atoms with E-state index in [2.05, 4.69) is 36.9 Å². The van der Waals surface area contributed by atoms with E-state index in [0.29, 0.717) is 31.2 Å². The molecule has 1 amide bonds. The van der Waals surface area contributed by atoms with E-state index < -0.39 is 0 Å². The number of aliphatic imine (C=N–C) groups is 1. The average Bonchev–Trinajstić information content (AvgIpc) is 2.67. The molecule has 0 aliphatic rings. The van der Waals surface area contributed by atoms with Crippen molar-refractivity contribution < 1.29 is 9.53 Å². The summed E-state index contributed by atoms with van der Waals surface area (Å²) >= 11 is 3.36. The lowest BCUT2D eigenvalue weighted by Crippen LogP contribution is -2.41. The zero-order valence-electron chi connectivity index (χ0n) is 15.3. The Labute approximate surface area is 185 Å². The molecule has 0 saturated carbocycles. The third kappa shape index (κ3) is 8.17. The van der Waals surface area contributed by atoms with Gasteiger partial charge in [0, 0.05) is 36.7 Å². The summed E-state index contributed by atoms with van der Waals surface area (Å²) in [4.78, 5) is 16.2. The van der Waals surface area contributed by atoms with E-state index in [-0.39, 0.29) is 29.9 Å². The highest BCUT2D eigenvalue weighted by molar-refractivity contribution is 14.0. The molecule has 0 saturated heterocycles. The number of guanidine groups is 1. The molecule has 0 unspecified atom stereocenters. The highest BCUT2D eigenvalue weighted by Crippen LogP contribution is 2.12. The lowest BCUT2D eigenvalue weighted by molar-refractivity contribution is 0.0954. The van der Waals surface area contributed by atoms with Crippen LogP contribution in [0.4, 0.5) is 0 Å². The van der Waals surface area contributed by atoms with Gasteiger partial charge in [-0.05, 0) is 35.9 Å². The van der Waals surface area contributed by atoms with E-state index >= 15 is 0 Å². The van der Waals surface area contributed by atoms with Crippen LogP contribution in [-0.4, -0.2) is 39.1 Å². The fraction of sp³-hybridized carbons (Fsp3) is 0.263. The molecule has 0 fully saturated rings. The Bertz CT molecular complexity index is 771. The van der Waals surface area contributed by atoms with Crippen LogP contribution in [0.25, 0.3) is 0 Å². The molecule has 0 aliphatic carbocycles. The number of halogens is 2. The first kappa shape index (κ1) is 23.2. The summed E-state index contributed by atoms with van der Waals surface area (Å²) in [5, 5.41) is 9.27. The molecule has 146 valence electrons. The zero-order chi connectivity index (χ0) is 18.8. The largest absolute Gasteiger partial charge is 0.497 e. The molecule has 0 atom stereocenters. The molecule has 6 nitrogen and oxygen atoms in total. The topological polar surface area (TPSA) is 74.8 Å². The van der Waals surface area contributed by atoms with Crippen molar-refractivity contribution in [1.82, 2.24) is 16.0 Å². The van der Waals surface area contributed by atoms with Gasteiger partial charge < -0.3 is 20.7 Å². The maximum absolute atomic E-state index is 12.1. The van der Waals surface area contributed by atoms with Crippen LogP contribution in [0.5, 0.6) is 5.75 Å². The van der Waals surface area contributed by atoms with Crippen molar-refractivity contribution >= 4 is 51.8 Å². The van der Waals surface area contributed by atoms with Crippen LogP contribution in [-0.2, 0) is 6.54 Å². The number of hydrogen-bond donors (Lipinski definition) is 3. The second-order valence-corrected chi connectivity index (χ2v) is 6.39. The Morgan fingerprint density at radius 1 is 1.07 bits per heavy atom. The fourth-order valence-corrected chi connectivity index (χ4v) is 2.68. The smallest absolute Gasteiger partial charge is 0.251 e. The van der Waals surface area contributed by atoms with Gasteiger partial charge >= 0.3 is 0 Å². The van der Waals surface area contributed by atoms with Crippen LogP contribution in [0.15, 0.2) is 58.0 Å². The molecule has 2 aromatic rings. The van der Waals surface area contributed by atoms with Crippen LogP contribution in [0.2, 0.25) is 0 Å². The molecule has 0 heterocycles. The van der Waals surface area contributed by atoms with Gasteiger partial charge in [0.15, 0.2) is 5.96 Å². The predicted molar refractivity (Wildman–Crippen MR) is 123 cm³/mol. The second kappa shape index (κ2) is 12.6. The van der Waals surface area contributed by atoms with E-state index in [1.54, 1.807) is 26.3 Å². The number of ether oxygens (including phenoxy) is 1. The van der Waals surface area contributed by atoms with Crippen molar-refractivity contribution in [3.05, 3.63) is 64.1 Å². The summed E-state index contributed by atoms with van der Waals surface area (Å²) in [5.41, 5.74) is 1.72. The standard InChI is InChI=1S/C19H23BrN4O2.HI/c1-21-19(24-13-14-5-3-8-17(11-14)26-2)23-10-9-22-18(25)15-6-4-7-16(20)12-15;/h3-8,11-12H,9-10,13H2,1-2H3,(H,22,25)(H2,21,23,24);1H. The lowest BCUT2D eigenvalue weighted by atomic mass is 10.2. The summed E-state index contributed by atoms with van der Waals surface area (Å²) < 4.78 is 6.10. The van der Waals surface area contributed by atoms with Gasteiger partial charge in [0.2, 0.25) is 0 Å². The summed E-state index contributed by atoms with van der Waals surface area (Å²) in [5.74, 6) is 1.39. The van der Waals surface area contributed by atoms with Gasteiger partial charge in [0.1, 0.15) is 5.75 Å². The third-order valence-electron chi connectivity index (χ3n) is 3.61. The van der Waals surface area contributed by atoms with E-state index in [1.807, 2.05) is 36.4 Å². The molecule has 0 spiro atoms. The van der Waals surface area contributed by atoms with Crippen LogP contribution in [0, 0.1) is 0 Å². The Morgan fingerprint density at radius 2 is 1.81 bits per heavy atom. The van der Waals surface area contributed by atoms with Crippen LogP contribution >= 0.6 is 39.9 Å². The van der Waals surface area contributed by atoms with Gasteiger partial charge in [-0.15, -0.1) is 24.0 Å². The number of methoxy groups -OCH3 is 1. The van der Waals surface area contributed by atoms with Gasteiger partial charge in [0.25, 0.3) is 5.91 Å². The Morgan fingerprint density at radius 3 is 2.52 bits per heavy atom. The summed E-state index contributed by atoms with van der Waals surface area (Å²) in [6.45, 7) is 1.68. The first-order valence-electron chi connectivity index (χ1n) is 8.23. The van der Waals surface area contributed by atoms with Crippen LogP contribution in [0.3, 0.4) is 0 Å². The van der Waals surface area contributed by atoms with Crippen LogP contribution in [0.1, 0.15) is 15.9 Å². The summed E-state index contributed by atoms with van der Waals surface area (Å²) in [6, 6.07) is 15.1. The van der Waals surface area contributed by atoms with Crippen molar-refractivity contribution in [1.29, 1.82) is 0 Å². The number of hydrogen-bond acceptors (Lipinski definition) is 3. The van der Waals surface area contributed by atoms with E-state index in [1.165, 1.54) is 0 Å². The normalized spacial score (nSPS) is 10.6. The SMILES string of the molecule is CN=C(NCCNC(=O)c1cccc(Br)c1)NCc1cccc(OC)c1.I. The molecule has 0 aliphatic heterocycles. The number of carbonyl (C=O) groups is 1. The van der Waals surface area contributed by atoms with Gasteiger partial charge in [-0.25, -0.2) is 0 Å². The third-order valence-corrected chi connectivity index (χ3v) is 4.10. The van der Waals surface area contributed by atoms with Gasteiger partial charge in [-0.1, -0.05) is 34.1 Å². The Kier molecular flexibility index (Phi) is 10.8. The molecular weight excluding hydrogens is 523 g/mol. The van der Waals surface area contributed by atoms with Crippen molar-refractivity contribution in [3.8, 4) is 5.75 Å². The minimum atomic E-state index is -0.104. The summed E-state index contributed by atoms with van der Waals surface area (Å²) in [7, 11) is 3.36. The zero-order valence-corrected chi connectivity index (χ0v) is 19.2. The number of benzene rings is 2. The van der Waals surface area contributed by atoms with E-state index in [0.717, 1.165) is 15.8 Å². The number of rotatable bonds is 7. The minimum absolute atomic E-state index is 0.